The maximum Gasteiger partial charge on any atom is 0.573 e. The predicted octanol–water partition coefficient (Wildman–Crippen LogP) is 3.41. The van der Waals surface area contributed by atoms with Crippen molar-refractivity contribution in [2.75, 3.05) is 0 Å². The van der Waals surface area contributed by atoms with Crippen molar-refractivity contribution < 1.29 is 23.0 Å². The molecule has 3 N–H and O–H groups in total. The van der Waals surface area contributed by atoms with Gasteiger partial charge in [0.25, 0.3) is 0 Å². The fourth-order valence-corrected chi connectivity index (χ4v) is 1.81. The van der Waals surface area contributed by atoms with Gasteiger partial charge in [0.05, 0.1) is 12.1 Å². The molecule has 2 atom stereocenters. The van der Waals surface area contributed by atoms with Crippen LogP contribution in [0, 0.1) is 5.92 Å². The molecular formula is C13H19ClF3NO2. The molecule has 0 aromatic heterocycles. The van der Waals surface area contributed by atoms with Crippen molar-refractivity contribution in [3.63, 3.8) is 0 Å². The predicted molar refractivity (Wildman–Crippen MR) is 72.8 cm³/mol. The van der Waals surface area contributed by atoms with Crippen LogP contribution in [0.15, 0.2) is 24.3 Å². The first-order valence-corrected chi connectivity index (χ1v) is 5.99. The summed E-state index contributed by atoms with van der Waals surface area (Å²) < 4.78 is 40.7. The number of ether oxygens (including phenoxy) is 1. The van der Waals surface area contributed by atoms with E-state index in [0.717, 1.165) is 0 Å². The molecule has 7 heteroatoms. The lowest BCUT2D eigenvalue weighted by molar-refractivity contribution is -0.275. The SMILES string of the molecule is CC(C)C[C@@H](O)[C@@H](N)c1ccccc1OC(F)(F)F.Cl. The average Bonchev–Trinajstić information content (AvgIpc) is 2.25. The van der Waals surface area contributed by atoms with Crippen LogP contribution < -0.4 is 10.5 Å². The zero-order valence-corrected chi connectivity index (χ0v) is 12.0. The van der Waals surface area contributed by atoms with Crippen molar-refractivity contribution in [3.8, 4) is 5.75 Å². The van der Waals surface area contributed by atoms with Crippen LogP contribution in [-0.2, 0) is 0 Å². The normalized spacial score (nSPS) is 14.6. The highest BCUT2D eigenvalue weighted by Crippen LogP contribution is 2.31. The number of aliphatic hydroxyl groups is 1. The van der Waals surface area contributed by atoms with Gasteiger partial charge in [0.1, 0.15) is 5.75 Å². The van der Waals surface area contributed by atoms with Gasteiger partial charge in [-0.15, -0.1) is 25.6 Å². The van der Waals surface area contributed by atoms with E-state index in [4.69, 9.17) is 5.73 Å². The van der Waals surface area contributed by atoms with Gasteiger partial charge in [-0.2, -0.15) is 0 Å². The standard InChI is InChI=1S/C13H18F3NO2.ClH/c1-8(2)7-10(18)12(17)9-5-3-4-6-11(9)19-13(14,15)16;/h3-6,8,10,12,18H,7,17H2,1-2H3;1H/t10-,12+;/m1./s1. The molecule has 1 aromatic rings. The Bertz CT molecular complexity index is 413. The lowest BCUT2D eigenvalue weighted by Gasteiger charge is -2.23. The highest BCUT2D eigenvalue weighted by atomic mass is 35.5. The zero-order valence-electron chi connectivity index (χ0n) is 11.2. The van der Waals surface area contributed by atoms with Crippen molar-refractivity contribution in [1.82, 2.24) is 0 Å². The Hall–Kier alpha value is -0.980. The molecule has 1 aromatic carbocycles. The van der Waals surface area contributed by atoms with Gasteiger partial charge in [0.15, 0.2) is 0 Å². The van der Waals surface area contributed by atoms with Crippen molar-refractivity contribution in [2.45, 2.75) is 38.8 Å². The summed E-state index contributed by atoms with van der Waals surface area (Å²) in [6.07, 6.45) is -5.29. The molecule has 0 amide bonds. The first-order chi connectivity index (χ1) is 8.70. The minimum atomic E-state index is -4.78. The van der Waals surface area contributed by atoms with Crippen LogP contribution in [-0.4, -0.2) is 17.6 Å². The van der Waals surface area contributed by atoms with Crippen molar-refractivity contribution in [1.29, 1.82) is 0 Å². The topological polar surface area (TPSA) is 55.5 Å². The molecule has 116 valence electrons. The molecule has 1 rings (SSSR count). The first kappa shape index (κ1) is 19.0. The van der Waals surface area contributed by atoms with Crippen LogP contribution >= 0.6 is 12.4 Å². The van der Waals surface area contributed by atoms with E-state index < -0.39 is 18.5 Å². The quantitative estimate of drug-likeness (QED) is 0.876. The maximum atomic E-state index is 12.3. The number of alkyl halides is 3. The number of para-hydroxylation sites is 1. The third kappa shape index (κ3) is 5.98. The molecule has 0 aliphatic heterocycles. The molecule has 20 heavy (non-hydrogen) atoms. The Morgan fingerprint density at radius 2 is 1.80 bits per heavy atom. The fraction of sp³-hybridized carbons (Fsp3) is 0.538. The molecule has 0 aliphatic rings. The van der Waals surface area contributed by atoms with Gasteiger partial charge >= 0.3 is 6.36 Å². The van der Waals surface area contributed by atoms with Gasteiger partial charge in [-0.05, 0) is 18.4 Å². The third-order valence-electron chi connectivity index (χ3n) is 2.63. The molecular weight excluding hydrogens is 295 g/mol. The lowest BCUT2D eigenvalue weighted by atomic mass is 9.95. The Balaban J connectivity index is 0.00000361. The van der Waals surface area contributed by atoms with E-state index in [1.54, 1.807) is 6.07 Å². The summed E-state index contributed by atoms with van der Waals surface area (Å²) in [5, 5.41) is 9.90. The number of halogens is 4. The van der Waals surface area contributed by atoms with Gasteiger partial charge in [0.2, 0.25) is 0 Å². The van der Waals surface area contributed by atoms with Gasteiger partial charge in [-0.25, -0.2) is 0 Å². The summed E-state index contributed by atoms with van der Waals surface area (Å²) >= 11 is 0. The number of aliphatic hydroxyl groups excluding tert-OH is 1. The summed E-state index contributed by atoms with van der Waals surface area (Å²) in [5.41, 5.74) is 5.96. The van der Waals surface area contributed by atoms with E-state index in [0.29, 0.717) is 6.42 Å². The molecule has 3 nitrogen and oxygen atoms in total. The Morgan fingerprint density at radius 3 is 2.30 bits per heavy atom. The van der Waals surface area contributed by atoms with Gasteiger partial charge in [-0.1, -0.05) is 32.0 Å². The van der Waals surface area contributed by atoms with E-state index in [1.165, 1.54) is 18.2 Å². The third-order valence-corrected chi connectivity index (χ3v) is 2.63. The highest BCUT2D eigenvalue weighted by Gasteiger charge is 2.33. The van der Waals surface area contributed by atoms with Crippen LogP contribution in [0.2, 0.25) is 0 Å². The smallest absolute Gasteiger partial charge is 0.405 e. The molecule has 0 spiro atoms. The van der Waals surface area contributed by atoms with Crippen LogP contribution in [0.1, 0.15) is 31.9 Å². The number of benzene rings is 1. The molecule has 0 heterocycles. The fourth-order valence-electron chi connectivity index (χ4n) is 1.81. The van der Waals surface area contributed by atoms with Crippen LogP contribution in [0.5, 0.6) is 5.75 Å². The van der Waals surface area contributed by atoms with Gasteiger partial charge < -0.3 is 15.6 Å². The molecule has 0 radical (unpaired) electrons. The van der Waals surface area contributed by atoms with E-state index in [9.17, 15) is 18.3 Å². The average molecular weight is 314 g/mol. The molecule has 0 bridgehead atoms. The summed E-state index contributed by atoms with van der Waals surface area (Å²) in [5.74, 6) is -0.179. The summed E-state index contributed by atoms with van der Waals surface area (Å²) in [4.78, 5) is 0. The van der Waals surface area contributed by atoms with Crippen molar-refractivity contribution >= 4 is 12.4 Å². The summed E-state index contributed by atoms with van der Waals surface area (Å²) in [6, 6.07) is 4.67. The second-order valence-electron chi connectivity index (χ2n) is 4.81. The first-order valence-electron chi connectivity index (χ1n) is 5.99. The maximum absolute atomic E-state index is 12.3. The van der Waals surface area contributed by atoms with E-state index >= 15 is 0 Å². The van der Waals surface area contributed by atoms with Gasteiger partial charge in [0, 0.05) is 5.56 Å². The number of hydrogen-bond acceptors (Lipinski definition) is 3. The Kier molecular flexibility index (Phi) is 7.33. The van der Waals surface area contributed by atoms with Crippen LogP contribution in [0.25, 0.3) is 0 Å². The highest BCUT2D eigenvalue weighted by molar-refractivity contribution is 5.85. The second-order valence-corrected chi connectivity index (χ2v) is 4.81. The second kappa shape index (κ2) is 7.71. The number of hydrogen-bond donors (Lipinski definition) is 2. The lowest BCUT2D eigenvalue weighted by Crippen LogP contribution is -2.29. The molecule has 0 saturated carbocycles. The van der Waals surface area contributed by atoms with Crippen LogP contribution in [0.3, 0.4) is 0 Å². The minimum Gasteiger partial charge on any atom is -0.405 e. The minimum absolute atomic E-state index is 0. The zero-order chi connectivity index (χ0) is 14.6. The Morgan fingerprint density at radius 1 is 1.25 bits per heavy atom. The summed E-state index contributed by atoms with van der Waals surface area (Å²) in [7, 11) is 0. The van der Waals surface area contributed by atoms with Gasteiger partial charge in [-0.3, -0.25) is 0 Å². The van der Waals surface area contributed by atoms with Crippen molar-refractivity contribution in [3.05, 3.63) is 29.8 Å². The monoisotopic (exact) mass is 313 g/mol. The van der Waals surface area contributed by atoms with E-state index in [-0.39, 0.29) is 29.6 Å². The largest absolute Gasteiger partial charge is 0.573 e. The molecule has 0 aliphatic carbocycles. The molecule has 0 fully saturated rings. The van der Waals surface area contributed by atoms with Crippen LogP contribution in [0.4, 0.5) is 13.2 Å². The van der Waals surface area contributed by atoms with E-state index in [1.807, 2.05) is 13.8 Å². The van der Waals surface area contributed by atoms with E-state index in [2.05, 4.69) is 4.74 Å². The van der Waals surface area contributed by atoms with Crippen molar-refractivity contribution in [2.24, 2.45) is 11.7 Å². The molecule has 0 saturated heterocycles. The molecule has 0 unspecified atom stereocenters. The Labute approximate surface area is 122 Å². The summed E-state index contributed by atoms with van der Waals surface area (Å²) in [6.45, 7) is 3.79. The number of nitrogens with two attached hydrogens (primary N) is 1. The number of rotatable bonds is 5.